The van der Waals surface area contributed by atoms with Crippen LogP contribution in [-0.4, -0.2) is 6.85 Å². The summed E-state index contributed by atoms with van der Waals surface area (Å²) in [4.78, 5) is 5.16. The summed E-state index contributed by atoms with van der Waals surface area (Å²) in [7, 11) is 0. The van der Waals surface area contributed by atoms with Crippen molar-refractivity contribution in [1.82, 2.24) is 0 Å². The van der Waals surface area contributed by atoms with Crippen LogP contribution in [0.4, 0.5) is 11.4 Å². The van der Waals surface area contributed by atoms with E-state index < -0.39 is 0 Å². The van der Waals surface area contributed by atoms with E-state index in [1.54, 1.807) is 0 Å². The first-order valence-corrected chi connectivity index (χ1v) is 13.5. The van der Waals surface area contributed by atoms with Gasteiger partial charge in [0, 0.05) is 21.2 Å². The van der Waals surface area contributed by atoms with E-state index in [0.717, 1.165) is 11.5 Å². The van der Waals surface area contributed by atoms with Gasteiger partial charge in [0.1, 0.15) is 11.5 Å². The second kappa shape index (κ2) is 8.21. The van der Waals surface area contributed by atoms with Crippen molar-refractivity contribution >= 4 is 40.9 Å². The lowest BCUT2D eigenvalue weighted by Gasteiger charge is -2.41. The number of anilines is 2. The van der Waals surface area contributed by atoms with Crippen LogP contribution in [0.2, 0.25) is 0 Å². The highest BCUT2D eigenvalue weighted by atomic mass is 32.2. The molecule has 2 heterocycles. The Labute approximate surface area is 219 Å². The lowest BCUT2D eigenvalue weighted by Crippen LogP contribution is -2.57. The largest absolute Gasteiger partial charge is 0.458 e. The highest BCUT2D eigenvalue weighted by Crippen LogP contribution is 2.51. The molecular formula is C32H32BNOS. The van der Waals surface area contributed by atoms with Gasteiger partial charge in [-0.25, -0.2) is 0 Å². The van der Waals surface area contributed by atoms with Crippen molar-refractivity contribution in [3.05, 3.63) is 96.1 Å². The van der Waals surface area contributed by atoms with Crippen molar-refractivity contribution < 1.29 is 4.74 Å². The number of benzene rings is 4. The fraction of sp³-hybridized carbons (Fsp3) is 0.250. The maximum absolute atomic E-state index is 6.40. The van der Waals surface area contributed by atoms with Crippen LogP contribution in [0.3, 0.4) is 0 Å². The van der Waals surface area contributed by atoms with Crippen molar-refractivity contribution in [2.45, 2.75) is 62.2 Å². The highest BCUT2D eigenvalue weighted by Gasteiger charge is 2.41. The van der Waals surface area contributed by atoms with Gasteiger partial charge in [-0.15, -0.1) is 0 Å². The lowest BCUT2D eigenvalue weighted by molar-refractivity contribution is 0.487. The fourth-order valence-corrected chi connectivity index (χ4v) is 6.24. The van der Waals surface area contributed by atoms with Gasteiger partial charge >= 0.3 is 6.85 Å². The van der Waals surface area contributed by atoms with E-state index in [1.165, 1.54) is 43.2 Å². The molecule has 4 heteroatoms. The molecule has 180 valence electrons. The van der Waals surface area contributed by atoms with Crippen LogP contribution < -0.4 is 20.5 Å². The Morgan fingerprint density at radius 1 is 0.611 bits per heavy atom. The van der Waals surface area contributed by atoms with Crippen molar-refractivity contribution in [2.24, 2.45) is 0 Å². The molecule has 36 heavy (non-hydrogen) atoms. The maximum Gasteiger partial charge on any atom is 0.335 e. The molecule has 0 aromatic heterocycles. The zero-order valence-electron chi connectivity index (χ0n) is 21.9. The predicted octanol–water partition coefficient (Wildman–Crippen LogP) is 7.80. The summed E-state index contributed by atoms with van der Waals surface area (Å²) in [6, 6.07) is 31.0. The summed E-state index contributed by atoms with van der Waals surface area (Å²) in [5, 5.41) is 0. The van der Waals surface area contributed by atoms with E-state index in [0.29, 0.717) is 0 Å². The Kier molecular flexibility index (Phi) is 5.31. The summed E-state index contributed by atoms with van der Waals surface area (Å²) < 4.78 is 6.40. The smallest absolute Gasteiger partial charge is 0.335 e. The highest BCUT2D eigenvalue weighted by molar-refractivity contribution is 7.99. The molecule has 0 N–H and O–H groups in total. The molecule has 0 spiro atoms. The van der Waals surface area contributed by atoms with E-state index in [-0.39, 0.29) is 17.7 Å². The Bertz CT molecular complexity index is 1370. The summed E-state index contributed by atoms with van der Waals surface area (Å²) in [5.74, 6) is 1.86. The Hall–Kier alpha value is -3.11. The number of hydrogen-bond acceptors (Lipinski definition) is 3. The molecule has 0 bridgehead atoms. The zero-order chi connectivity index (χ0) is 25.2. The molecule has 0 amide bonds. The van der Waals surface area contributed by atoms with Crippen molar-refractivity contribution in [1.29, 1.82) is 0 Å². The average molecular weight is 489 g/mol. The molecule has 0 unspecified atom stereocenters. The van der Waals surface area contributed by atoms with Gasteiger partial charge in [0.25, 0.3) is 0 Å². The van der Waals surface area contributed by atoms with Crippen molar-refractivity contribution in [3.8, 4) is 11.5 Å². The summed E-state index contributed by atoms with van der Waals surface area (Å²) in [5.41, 5.74) is 7.73. The van der Waals surface area contributed by atoms with Gasteiger partial charge in [-0.3, -0.25) is 0 Å². The second-order valence-corrected chi connectivity index (χ2v) is 13.0. The molecule has 0 aliphatic carbocycles. The van der Waals surface area contributed by atoms with Crippen molar-refractivity contribution in [2.75, 3.05) is 4.81 Å². The number of hydrogen-bond donors (Lipinski definition) is 0. The van der Waals surface area contributed by atoms with Crippen LogP contribution in [0.5, 0.6) is 11.5 Å². The topological polar surface area (TPSA) is 12.5 Å². The van der Waals surface area contributed by atoms with Gasteiger partial charge in [-0.05, 0) is 69.3 Å². The molecule has 0 saturated heterocycles. The third kappa shape index (κ3) is 3.83. The molecule has 0 fully saturated rings. The second-order valence-electron chi connectivity index (χ2n) is 11.9. The minimum atomic E-state index is 0.00925. The van der Waals surface area contributed by atoms with E-state index in [1.807, 2.05) is 11.8 Å². The standard InChI is InChI=1S/C32H32BNOS/c1-31(2,3)21-15-17-29-25(19-21)34(26-20-22(32(4,5)6)16-18-30(26)36-29)33-23-11-7-9-13-27(23)35-28-14-10-8-12-24(28)33/h7-20H,1-6H3. The predicted molar refractivity (Wildman–Crippen MR) is 155 cm³/mol. The van der Waals surface area contributed by atoms with Crippen LogP contribution in [0, 0.1) is 0 Å². The van der Waals surface area contributed by atoms with Crippen LogP contribution in [0.15, 0.2) is 94.7 Å². The van der Waals surface area contributed by atoms with Crippen LogP contribution >= 0.6 is 11.8 Å². The molecule has 2 aliphatic heterocycles. The van der Waals surface area contributed by atoms with Gasteiger partial charge in [0.05, 0.1) is 0 Å². The zero-order valence-corrected chi connectivity index (χ0v) is 22.7. The number of para-hydroxylation sites is 2. The molecule has 4 aromatic carbocycles. The lowest BCUT2D eigenvalue weighted by atomic mass is 9.47. The first-order valence-electron chi connectivity index (χ1n) is 12.7. The van der Waals surface area contributed by atoms with Gasteiger partial charge < -0.3 is 9.55 Å². The summed E-state index contributed by atoms with van der Waals surface area (Å²) in [6.07, 6.45) is 0. The molecule has 0 radical (unpaired) electrons. The van der Waals surface area contributed by atoms with Crippen LogP contribution in [0.1, 0.15) is 52.7 Å². The quantitative estimate of drug-likeness (QED) is 0.253. The number of fused-ring (bicyclic) bond motifs is 4. The van der Waals surface area contributed by atoms with E-state index >= 15 is 0 Å². The normalized spacial score (nSPS) is 14.4. The molecule has 2 nitrogen and oxygen atoms in total. The van der Waals surface area contributed by atoms with E-state index in [4.69, 9.17) is 4.74 Å². The summed E-state index contributed by atoms with van der Waals surface area (Å²) in [6.45, 7) is 13.8. The fourth-order valence-electron chi connectivity index (χ4n) is 5.21. The Morgan fingerprint density at radius 2 is 1.06 bits per heavy atom. The molecule has 2 aliphatic rings. The molecule has 0 atom stereocenters. The number of ether oxygens (including phenoxy) is 1. The number of rotatable bonds is 1. The van der Waals surface area contributed by atoms with E-state index in [9.17, 15) is 0 Å². The van der Waals surface area contributed by atoms with E-state index in [2.05, 4.69) is 131 Å². The van der Waals surface area contributed by atoms with Crippen LogP contribution in [-0.2, 0) is 10.8 Å². The monoisotopic (exact) mass is 489 g/mol. The first-order chi connectivity index (χ1) is 17.1. The Morgan fingerprint density at radius 3 is 1.50 bits per heavy atom. The van der Waals surface area contributed by atoms with Gasteiger partial charge in [0.2, 0.25) is 0 Å². The first kappa shape index (κ1) is 23.3. The van der Waals surface area contributed by atoms with Crippen LogP contribution in [0.25, 0.3) is 0 Å². The van der Waals surface area contributed by atoms with Gasteiger partial charge in [-0.2, -0.15) is 0 Å². The third-order valence-electron chi connectivity index (χ3n) is 7.29. The SMILES string of the molecule is CC(C)(C)c1ccc2c(c1)N(B1c3ccccc3Oc3ccccc31)c1cc(C(C)(C)C)ccc1S2. The minimum Gasteiger partial charge on any atom is -0.458 e. The van der Waals surface area contributed by atoms with Gasteiger partial charge in [-0.1, -0.05) is 102 Å². The number of nitrogens with zero attached hydrogens (tertiary/aromatic N) is 1. The molecular weight excluding hydrogens is 457 g/mol. The summed E-state index contributed by atoms with van der Waals surface area (Å²) >= 11 is 1.88. The Balaban J connectivity index is 1.66. The average Bonchev–Trinajstić information content (AvgIpc) is 2.84. The van der Waals surface area contributed by atoms with Crippen molar-refractivity contribution in [3.63, 3.8) is 0 Å². The third-order valence-corrected chi connectivity index (χ3v) is 8.42. The molecule has 4 aromatic rings. The molecule has 0 saturated carbocycles. The van der Waals surface area contributed by atoms with Gasteiger partial charge in [0.15, 0.2) is 0 Å². The molecule has 6 rings (SSSR count). The maximum atomic E-state index is 6.40. The minimum absolute atomic E-state index is 0.00925.